The molecule has 0 bridgehead atoms. The van der Waals surface area contributed by atoms with Gasteiger partial charge in [0.05, 0.1) is 23.9 Å². The van der Waals surface area contributed by atoms with Crippen LogP contribution in [0.4, 0.5) is 0 Å². The van der Waals surface area contributed by atoms with Crippen LogP contribution in [0.5, 0.6) is 0 Å². The topological polar surface area (TPSA) is 104 Å². The Labute approximate surface area is 137 Å². The number of nitrogens with zero attached hydrogens (tertiary/aromatic N) is 4. The van der Waals surface area contributed by atoms with E-state index in [9.17, 15) is 13.2 Å². The van der Waals surface area contributed by atoms with E-state index < -0.39 is 15.8 Å². The van der Waals surface area contributed by atoms with E-state index in [4.69, 9.17) is 4.18 Å². The first-order valence-electron chi connectivity index (χ1n) is 7.05. The van der Waals surface area contributed by atoms with Crippen LogP contribution in [0.3, 0.4) is 0 Å². The molecule has 0 aliphatic carbocycles. The van der Waals surface area contributed by atoms with Crippen LogP contribution in [-0.2, 0) is 20.7 Å². The number of benzene rings is 1. The lowest BCUT2D eigenvalue weighted by atomic mass is 10.1. The molecule has 2 heterocycles. The van der Waals surface area contributed by atoms with Crippen molar-refractivity contribution in [1.82, 2.24) is 19.5 Å². The molecule has 0 unspecified atom stereocenters. The van der Waals surface area contributed by atoms with E-state index in [0.29, 0.717) is 23.1 Å². The first kappa shape index (κ1) is 16.2. The molecule has 0 atom stereocenters. The van der Waals surface area contributed by atoms with E-state index in [1.54, 1.807) is 24.4 Å². The van der Waals surface area contributed by atoms with Gasteiger partial charge in [0, 0.05) is 12.4 Å². The van der Waals surface area contributed by atoms with E-state index in [0.717, 1.165) is 11.8 Å². The number of hydrogen-bond acceptors (Lipinski definition) is 7. The maximum Gasteiger partial charge on any atom is 0.353 e. The summed E-state index contributed by atoms with van der Waals surface area (Å²) in [5.74, 6) is 0. The quantitative estimate of drug-likeness (QED) is 0.626. The largest absolute Gasteiger partial charge is 0.353 e. The minimum Gasteiger partial charge on any atom is -0.270 e. The predicted octanol–water partition coefficient (Wildman–Crippen LogP) is 0.694. The van der Waals surface area contributed by atoms with Crippen LogP contribution in [0, 0.1) is 0 Å². The fraction of sp³-hybridized carbons (Fsp3) is 0.200. The second-order valence-electron chi connectivity index (χ2n) is 5.12. The minimum atomic E-state index is -3.47. The highest BCUT2D eigenvalue weighted by molar-refractivity contribution is 7.85. The zero-order chi connectivity index (χ0) is 17.2. The molecule has 0 fully saturated rings. The van der Waals surface area contributed by atoms with Crippen molar-refractivity contribution in [2.24, 2.45) is 0 Å². The Hall–Kier alpha value is -2.65. The van der Waals surface area contributed by atoms with Gasteiger partial charge in [-0.05, 0) is 24.1 Å². The molecule has 124 valence electrons. The summed E-state index contributed by atoms with van der Waals surface area (Å²) in [4.78, 5) is 24.1. The van der Waals surface area contributed by atoms with Gasteiger partial charge in [0.2, 0.25) is 0 Å². The molecular formula is C15H14N4O4S. The molecule has 0 amide bonds. The summed E-state index contributed by atoms with van der Waals surface area (Å²) >= 11 is 0. The van der Waals surface area contributed by atoms with E-state index >= 15 is 0 Å². The van der Waals surface area contributed by atoms with Crippen LogP contribution in [0.15, 0.2) is 47.8 Å². The van der Waals surface area contributed by atoms with Gasteiger partial charge in [0.1, 0.15) is 6.33 Å². The molecule has 1 aromatic carbocycles. The molecular weight excluding hydrogens is 332 g/mol. The summed E-state index contributed by atoms with van der Waals surface area (Å²) < 4.78 is 28.2. The second kappa shape index (κ2) is 6.46. The molecule has 0 radical (unpaired) electrons. The lowest BCUT2D eigenvalue weighted by Gasteiger charge is -2.09. The molecule has 0 spiro atoms. The van der Waals surface area contributed by atoms with E-state index in [2.05, 4.69) is 15.0 Å². The van der Waals surface area contributed by atoms with Gasteiger partial charge in [-0.25, -0.2) is 24.3 Å². The monoisotopic (exact) mass is 346 g/mol. The molecule has 3 rings (SSSR count). The first-order valence-corrected chi connectivity index (χ1v) is 8.87. The van der Waals surface area contributed by atoms with Crippen LogP contribution >= 0.6 is 0 Å². The molecule has 0 saturated carbocycles. The molecule has 8 nitrogen and oxygen atoms in total. The summed E-state index contributed by atoms with van der Waals surface area (Å²) in [6.45, 7) is 0.0349. The zero-order valence-electron chi connectivity index (χ0n) is 12.8. The first-order chi connectivity index (χ1) is 11.4. The smallest absolute Gasteiger partial charge is 0.270 e. The molecule has 0 N–H and O–H groups in total. The van der Waals surface area contributed by atoms with Gasteiger partial charge in [0.15, 0.2) is 5.65 Å². The number of hydrogen-bond donors (Lipinski definition) is 0. The normalized spacial score (nSPS) is 11.7. The summed E-state index contributed by atoms with van der Waals surface area (Å²) in [6, 6.07) is 7.13. The van der Waals surface area contributed by atoms with Gasteiger partial charge < -0.3 is 0 Å². The fourth-order valence-electron chi connectivity index (χ4n) is 2.28. The Morgan fingerprint density at radius 2 is 2.04 bits per heavy atom. The average molecular weight is 346 g/mol. The zero-order valence-corrected chi connectivity index (χ0v) is 13.6. The van der Waals surface area contributed by atoms with Crippen molar-refractivity contribution >= 4 is 21.2 Å². The Balaban J connectivity index is 1.98. The minimum absolute atomic E-state index is 0.0349. The third-order valence-electron chi connectivity index (χ3n) is 3.29. The maximum atomic E-state index is 12.2. The summed E-state index contributed by atoms with van der Waals surface area (Å²) in [6.07, 6.45) is 5.77. The van der Waals surface area contributed by atoms with Gasteiger partial charge in [-0.2, -0.15) is 8.42 Å². The van der Waals surface area contributed by atoms with E-state index in [1.165, 1.54) is 17.1 Å². The van der Waals surface area contributed by atoms with Crippen molar-refractivity contribution in [3.63, 3.8) is 0 Å². The van der Waals surface area contributed by atoms with Crippen LogP contribution in [0.1, 0.15) is 5.56 Å². The van der Waals surface area contributed by atoms with Crippen LogP contribution in [0.25, 0.3) is 16.7 Å². The summed E-state index contributed by atoms with van der Waals surface area (Å²) in [7, 11) is -3.47. The lowest BCUT2D eigenvalue weighted by molar-refractivity contribution is 0.326. The predicted molar refractivity (Wildman–Crippen MR) is 87.4 cm³/mol. The molecule has 24 heavy (non-hydrogen) atoms. The van der Waals surface area contributed by atoms with Gasteiger partial charge in [-0.1, -0.05) is 12.1 Å². The van der Waals surface area contributed by atoms with E-state index in [-0.39, 0.29) is 6.61 Å². The van der Waals surface area contributed by atoms with Crippen molar-refractivity contribution in [2.45, 2.75) is 6.42 Å². The Bertz CT molecular complexity index is 1050. The molecule has 0 saturated heterocycles. The van der Waals surface area contributed by atoms with Crippen molar-refractivity contribution in [1.29, 1.82) is 0 Å². The second-order valence-corrected chi connectivity index (χ2v) is 6.77. The van der Waals surface area contributed by atoms with Crippen molar-refractivity contribution in [3.8, 4) is 5.69 Å². The average Bonchev–Trinajstić information content (AvgIpc) is 2.54. The molecule has 9 heteroatoms. The van der Waals surface area contributed by atoms with Gasteiger partial charge in [-0.15, -0.1) is 0 Å². The summed E-state index contributed by atoms with van der Waals surface area (Å²) in [5, 5.41) is 0.642. The third kappa shape index (κ3) is 3.63. The standard InChI is InChI=1S/C15H14N4O4S/c1-24(21,22)23-6-5-11-3-2-4-13(7-11)19-14-12(8-16-10-18-14)9-17-15(19)20/h2-4,7-10H,5-6H2,1H3. The molecule has 0 aliphatic heterocycles. The Morgan fingerprint density at radius 1 is 1.21 bits per heavy atom. The Kier molecular flexibility index (Phi) is 4.36. The van der Waals surface area contributed by atoms with Crippen LogP contribution < -0.4 is 5.69 Å². The molecule has 0 aliphatic rings. The molecule has 2 aromatic heterocycles. The van der Waals surface area contributed by atoms with Crippen molar-refractivity contribution in [3.05, 3.63) is 59.0 Å². The highest BCUT2D eigenvalue weighted by Crippen LogP contribution is 2.14. The Morgan fingerprint density at radius 3 is 2.83 bits per heavy atom. The van der Waals surface area contributed by atoms with Gasteiger partial charge >= 0.3 is 5.69 Å². The highest BCUT2D eigenvalue weighted by Gasteiger charge is 2.09. The van der Waals surface area contributed by atoms with E-state index in [1.807, 2.05) is 6.07 Å². The third-order valence-corrected chi connectivity index (χ3v) is 3.89. The molecule has 3 aromatic rings. The fourth-order valence-corrected chi connectivity index (χ4v) is 2.67. The van der Waals surface area contributed by atoms with Gasteiger partial charge in [0.25, 0.3) is 10.1 Å². The number of fused-ring (bicyclic) bond motifs is 1. The van der Waals surface area contributed by atoms with Crippen LogP contribution in [-0.4, -0.2) is 40.8 Å². The van der Waals surface area contributed by atoms with Gasteiger partial charge in [-0.3, -0.25) is 4.18 Å². The number of aromatic nitrogens is 4. The maximum absolute atomic E-state index is 12.2. The highest BCUT2D eigenvalue weighted by atomic mass is 32.2. The SMILES string of the molecule is CS(=O)(=O)OCCc1cccc(-n2c(=O)ncc3cncnc32)c1. The van der Waals surface area contributed by atoms with Crippen molar-refractivity contribution < 1.29 is 12.6 Å². The van der Waals surface area contributed by atoms with Crippen LogP contribution in [0.2, 0.25) is 0 Å². The summed E-state index contributed by atoms with van der Waals surface area (Å²) in [5.41, 5.74) is 1.42. The lowest BCUT2D eigenvalue weighted by Crippen LogP contribution is -2.22. The number of rotatable bonds is 5. The van der Waals surface area contributed by atoms with Crippen molar-refractivity contribution in [2.75, 3.05) is 12.9 Å².